The molecule has 0 aliphatic heterocycles. The number of aromatic nitrogens is 2. The third kappa shape index (κ3) is 15.9. The summed E-state index contributed by atoms with van der Waals surface area (Å²) in [5, 5.41) is 0. The van der Waals surface area contributed by atoms with E-state index < -0.39 is 0 Å². The van der Waals surface area contributed by atoms with Crippen molar-refractivity contribution in [3.63, 3.8) is 0 Å². The minimum Gasteiger partial charge on any atom is -0.237 e. The highest BCUT2D eigenvalue weighted by Crippen LogP contribution is 2.14. The molecule has 0 aliphatic carbocycles. The summed E-state index contributed by atoms with van der Waals surface area (Å²) in [6, 6.07) is 0. The largest absolute Gasteiger partial charge is 0.256 e. The zero-order valence-corrected chi connectivity index (χ0v) is 22.5. The molecular formula is C30H59N2+. The Labute approximate surface area is 202 Å². The maximum atomic E-state index is 2.53. The molecule has 0 atom stereocenters. The summed E-state index contributed by atoms with van der Waals surface area (Å²) in [6.07, 6.45) is 37.2. The molecule has 0 bridgehead atoms. The predicted octanol–water partition coefficient (Wildman–Crippen LogP) is 9.48. The summed E-state index contributed by atoms with van der Waals surface area (Å²) in [5.74, 6) is 1.53. The topological polar surface area (TPSA) is 8.81 Å². The van der Waals surface area contributed by atoms with Crippen LogP contribution in [0.5, 0.6) is 0 Å². The molecule has 1 aromatic rings. The van der Waals surface area contributed by atoms with Gasteiger partial charge in [0.2, 0.25) is 0 Å². The highest BCUT2D eigenvalue weighted by Gasteiger charge is 2.13. The second kappa shape index (κ2) is 22.0. The quantitative estimate of drug-likeness (QED) is 0.110. The van der Waals surface area contributed by atoms with Crippen LogP contribution in [0.1, 0.15) is 161 Å². The van der Waals surface area contributed by atoms with Crippen molar-refractivity contribution in [2.45, 2.75) is 168 Å². The number of imidazole rings is 1. The maximum Gasteiger partial charge on any atom is 0.256 e. The monoisotopic (exact) mass is 447 g/mol. The van der Waals surface area contributed by atoms with Crippen LogP contribution in [0.25, 0.3) is 0 Å². The van der Waals surface area contributed by atoms with E-state index in [9.17, 15) is 0 Å². The van der Waals surface area contributed by atoms with Crippen LogP contribution < -0.4 is 4.57 Å². The molecular weight excluding hydrogens is 388 g/mol. The van der Waals surface area contributed by atoms with Gasteiger partial charge < -0.3 is 0 Å². The molecule has 1 rings (SSSR count). The van der Waals surface area contributed by atoms with E-state index in [0.29, 0.717) is 0 Å². The molecule has 0 amide bonds. The van der Waals surface area contributed by atoms with Crippen molar-refractivity contribution < 1.29 is 4.57 Å². The van der Waals surface area contributed by atoms with E-state index in [1.54, 1.807) is 0 Å². The van der Waals surface area contributed by atoms with Gasteiger partial charge in [-0.2, -0.15) is 0 Å². The molecule has 2 nitrogen and oxygen atoms in total. The lowest BCUT2D eigenvalue weighted by Gasteiger charge is -2.05. The molecule has 32 heavy (non-hydrogen) atoms. The minimum absolute atomic E-state index is 1.21. The van der Waals surface area contributed by atoms with Gasteiger partial charge in [0.1, 0.15) is 12.4 Å². The molecule has 0 aromatic carbocycles. The Morgan fingerprint density at radius 3 is 1.34 bits per heavy atom. The number of nitrogens with zero attached hydrogens (tertiary/aromatic N) is 2. The van der Waals surface area contributed by atoms with Gasteiger partial charge in [-0.15, -0.1) is 0 Å². The maximum absolute atomic E-state index is 2.53. The minimum atomic E-state index is 1.21. The van der Waals surface area contributed by atoms with Crippen molar-refractivity contribution in [3.05, 3.63) is 18.2 Å². The fourth-order valence-electron chi connectivity index (χ4n) is 4.97. The average Bonchev–Trinajstić information content (AvgIpc) is 3.15. The first-order valence-corrected chi connectivity index (χ1v) is 14.8. The Kier molecular flexibility index (Phi) is 20.1. The number of unbranched alkanes of at least 4 members (excludes halogenated alkanes) is 20. The second-order valence-electron chi connectivity index (χ2n) is 10.3. The molecule has 0 spiro atoms. The van der Waals surface area contributed by atoms with Gasteiger partial charge in [0.25, 0.3) is 5.82 Å². The van der Waals surface area contributed by atoms with Crippen molar-refractivity contribution >= 4 is 0 Å². The Morgan fingerprint density at radius 2 is 0.906 bits per heavy atom. The molecule has 0 fully saturated rings. The average molecular weight is 448 g/mol. The molecule has 1 heterocycles. The number of hydrogen-bond donors (Lipinski definition) is 0. The summed E-state index contributed by atoms with van der Waals surface area (Å²) >= 11 is 0. The lowest BCUT2D eigenvalue weighted by Crippen LogP contribution is -2.37. The van der Waals surface area contributed by atoms with Gasteiger partial charge in [0.05, 0.1) is 13.6 Å². The predicted molar refractivity (Wildman–Crippen MR) is 142 cm³/mol. The van der Waals surface area contributed by atoms with Crippen LogP contribution in [0, 0.1) is 0 Å². The Hall–Kier alpha value is -0.790. The van der Waals surface area contributed by atoms with E-state index in [-0.39, 0.29) is 0 Å². The van der Waals surface area contributed by atoms with E-state index in [1.165, 1.54) is 160 Å². The summed E-state index contributed by atoms with van der Waals surface area (Å²) in [7, 11) is 2.23. The summed E-state index contributed by atoms with van der Waals surface area (Å²) < 4.78 is 4.88. The van der Waals surface area contributed by atoms with Crippen molar-refractivity contribution in [1.29, 1.82) is 0 Å². The molecule has 0 saturated heterocycles. The molecule has 0 saturated carbocycles. The first-order valence-electron chi connectivity index (χ1n) is 14.8. The zero-order valence-electron chi connectivity index (χ0n) is 22.5. The first kappa shape index (κ1) is 29.2. The molecule has 0 aliphatic rings. The number of hydrogen-bond acceptors (Lipinski definition) is 0. The SMILES string of the molecule is CCCCCCCCCCCCCCCCc1n(C)cc[n+]1CCCCCCCCCC. The van der Waals surface area contributed by atoms with Crippen LogP contribution in [0.4, 0.5) is 0 Å². The summed E-state index contributed by atoms with van der Waals surface area (Å²) in [4.78, 5) is 0. The van der Waals surface area contributed by atoms with Crippen molar-refractivity contribution in [2.24, 2.45) is 7.05 Å². The van der Waals surface area contributed by atoms with E-state index >= 15 is 0 Å². The molecule has 0 radical (unpaired) electrons. The number of aryl methyl sites for hydroxylation is 2. The molecule has 0 unspecified atom stereocenters. The third-order valence-corrected chi connectivity index (χ3v) is 7.22. The Balaban J connectivity index is 1.97. The summed E-state index contributed by atoms with van der Waals surface area (Å²) in [5.41, 5.74) is 0. The van der Waals surface area contributed by atoms with Crippen LogP contribution in [0.15, 0.2) is 12.4 Å². The number of rotatable bonds is 24. The molecule has 1 aromatic heterocycles. The van der Waals surface area contributed by atoms with Gasteiger partial charge in [0.15, 0.2) is 0 Å². The zero-order chi connectivity index (χ0) is 23.1. The van der Waals surface area contributed by atoms with Crippen molar-refractivity contribution in [3.8, 4) is 0 Å². The van der Waals surface area contributed by atoms with E-state index in [4.69, 9.17) is 0 Å². The smallest absolute Gasteiger partial charge is 0.237 e. The van der Waals surface area contributed by atoms with Gasteiger partial charge in [-0.25, -0.2) is 9.13 Å². The first-order chi connectivity index (χ1) is 15.8. The van der Waals surface area contributed by atoms with Crippen LogP contribution in [-0.4, -0.2) is 4.57 Å². The van der Waals surface area contributed by atoms with Crippen LogP contribution >= 0.6 is 0 Å². The molecule has 2 heteroatoms. The van der Waals surface area contributed by atoms with Gasteiger partial charge >= 0.3 is 0 Å². The van der Waals surface area contributed by atoms with E-state index in [2.05, 4.69) is 42.4 Å². The Morgan fingerprint density at radius 1 is 0.531 bits per heavy atom. The van der Waals surface area contributed by atoms with Gasteiger partial charge in [-0.1, -0.05) is 136 Å². The van der Waals surface area contributed by atoms with Crippen molar-refractivity contribution in [2.75, 3.05) is 0 Å². The Bertz CT molecular complexity index is 505. The third-order valence-electron chi connectivity index (χ3n) is 7.22. The van der Waals surface area contributed by atoms with Crippen LogP contribution in [-0.2, 0) is 20.0 Å². The van der Waals surface area contributed by atoms with Gasteiger partial charge in [-0.3, -0.25) is 0 Å². The highest BCUT2D eigenvalue weighted by atomic mass is 15.1. The van der Waals surface area contributed by atoms with Crippen LogP contribution in [0.2, 0.25) is 0 Å². The second-order valence-corrected chi connectivity index (χ2v) is 10.3. The molecule has 188 valence electrons. The fourth-order valence-corrected chi connectivity index (χ4v) is 4.97. The van der Waals surface area contributed by atoms with Crippen LogP contribution in [0.3, 0.4) is 0 Å². The standard InChI is InChI=1S/C30H59N2/c1-4-6-8-10-12-14-15-16-17-18-19-20-22-24-26-30-31(3)28-29-32(30)27-25-23-21-13-11-9-7-5-2/h28-29H,4-27H2,1-3H3/q+1. The van der Waals surface area contributed by atoms with Gasteiger partial charge in [-0.05, 0) is 19.3 Å². The van der Waals surface area contributed by atoms with E-state index in [1.807, 2.05) is 0 Å². The fraction of sp³-hybridized carbons (Fsp3) is 0.900. The lowest BCUT2D eigenvalue weighted by molar-refractivity contribution is -0.704. The normalized spacial score (nSPS) is 11.5. The van der Waals surface area contributed by atoms with E-state index in [0.717, 1.165) is 0 Å². The van der Waals surface area contributed by atoms with Crippen molar-refractivity contribution in [1.82, 2.24) is 4.57 Å². The molecule has 0 N–H and O–H groups in total. The summed E-state index contributed by atoms with van der Waals surface area (Å²) in [6.45, 7) is 5.81. The highest BCUT2D eigenvalue weighted by molar-refractivity contribution is 4.82. The lowest BCUT2D eigenvalue weighted by atomic mass is 10.0. The van der Waals surface area contributed by atoms with Gasteiger partial charge in [0, 0.05) is 6.42 Å².